The molecule has 0 atom stereocenters. The van der Waals surface area contributed by atoms with Gasteiger partial charge in [-0.15, -0.1) is 0 Å². The van der Waals surface area contributed by atoms with Crippen molar-refractivity contribution in [1.29, 1.82) is 0 Å². The number of benzene rings is 1. The van der Waals surface area contributed by atoms with Crippen LogP contribution in [0.5, 0.6) is 5.75 Å². The summed E-state index contributed by atoms with van der Waals surface area (Å²) in [4.78, 5) is 11.5. The second kappa shape index (κ2) is 6.20. The fraction of sp³-hybridized carbons (Fsp3) is 0.462. The van der Waals surface area contributed by atoms with E-state index in [2.05, 4.69) is 21.2 Å². The van der Waals surface area contributed by atoms with Gasteiger partial charge in [0.25, 0.3) is 5.91 Å². The third kappa shape index (κ3) is 3.99. The number of carbonyl (C=O) groups excluding carboxylic acids is 1. The van der Waals surface area contributed by atoms with Crippen LogP contribution in [0.25, 0.3) is 0 Å². The molecule has 1 aliphatic carbocycles. The molecule has 0 unspecified atom stereocenters. The summed E-state index contributed by atoms with van der Waals surface area (Å²) < 4.78 is 6.44. The molecule has 3 N–H and O–H groups in total. The lowest BCUT2D eigenvalue weighted by Gasteiger charge is -2.10. The minimum atomic E-state index is -0.0761. The lowest BCUT2D eigenvalue weighted by Crippen LogP contribution is -2.30. The van der Waals surface area contributed by atoms with E-state index in [0.717, 1.165) is 16.6 Å². The van der Waals surface area contributed by atoms with E-state index >= 15 is 0 Å². The van der Waals surface area contributed by atoms with E-state index in [-0.39, 0.29) is 12.5 Å². The van der Waals surface area contributed by atoms with Crippen LogP contribution in [0.1, 0.15) is 18.4 Å². The summed E-state index contributed by atoms with van der Waals surface area (Å²) in [5, 5.41) is 2.86. The second-order valence-electron chi connectivity index (χ2n) is 4.49. The molecule has 4 nitrogen and oxygen atoms in total. The van der Waals surface area contributed by atoms with Crippen molar-refractivity contribution in [2.24, 2.45) is 11.7 Å². The smallest absolute Gasteiger partial charge is 0.257 e. The topological polar surface area (TPSA) is 64.3 Å². The van der Waals surface area contributed by atoms with Crippen LogP contribution in [-0.2, 0) is 11.3 Å². The van der Waals surface area contributed by atoms with Gasteiger partial charge in [0.1, 0.15) is 5.75 Å². The Morgan fingerprint density at radius 1 is 1.50 bits per heavy atom. The van der Waals surface area contributed by atoms with Crippen LogP contribution >= 0.6 is 15.9 Å². The molecule has 1 aliphatic rings. The monoisotopic (exact) mass is 312 g/mol. The summed E-state index contributed by atoms with van der Waals surface area (Å²) >= 11 is 3.37. The fourth-order valence-electron chi connectivity index (χ4n) is 1.62. The van der Waals surface area contributed by atoms with Crippen molar-refractivity contribution >= 4 is 21.8 Å². The predicted molar refractivity (Wildman–Crippen MR) is 73.3 cm³/mol. The number of amides is 1. The van der Waals surface area contributed by atoms with Crippen LogP contribution in [0.2, 0.25) is 0 Å². The Kier molecular flexibility index (Phi) is 4.60. The molecule has 5 heteroatoms. The Balaban J connectivity index is 1.82. The van der Waals surface area contributed by atoms with Crippen LogP contribution in [0, 0.1) is 5.92 Å². The third-order valence-electron chi connectivity index (χ3n) is 2.89. The average molecular weight is 313 g/mol. The number of ether oxygens (including phenoxy) is 1. The fourth-order valence-corrected chi connectivity index (χ4v) is 2.03. The van der Waals surface area contributed by atoms with Crippen LogP contribution in [0.3, 0.4) is 0 Å². The molecule has 1 fully saturated rings. The van der Waals surface area contributed by atoms with Crippen molar-refractivity contribution in [3.8, 4) is 5.75 Å². The summed E-state index contributed by atoms with van der Waals surface area (Å²) in [5.74, 6) is 1.27. The number of rotatable bonds is 6. The summed E-state index contributed by atoms with van der Waals surface area (Å²) in [5.41, 5.74) is 6.52. The number of halogens is 1. The van der Waals surface area contributed by atoms with Gasteiger partial charge in [-0.3, -0.25) is 4.79 Å². The summed E-state index contributed by atoms with van der Waals surface area (Å²) in [6.45, 7) is 1.20. The highest BCUT2D eigenvalue weighted by molar-refractivity contribution is 9.10. The van der Waals surface area contributed by atoms with Crippen LogP contribution in [0.15, 0.2) is 22.7 Å². The molecule has 0 spiro atoms. The SMILES string of the molecule is NCc1cc(Br)ccc1OCC(=O)NCC1CC1. The molecule has 2 rings (SSSR count). The normalized spacial score (nSPS) is 14.3. The zero-order valence-electron chi connectivity index (χ0n) is 10.1. The number of hydrogen-bond acceptors (Lipinski definition) is 3. The lowest BCUT2D eigenvalue weighted by molar-refractivity contribution is -0.123. The predicted octanol–water partition coefficient (Wildman–Crippen LogP) is 1.81. The van der Waals surface area contributed by atoms with Gasteiger partial charge in [0, 0.05) is 23.1 Å². The molecule has 0 aromatic heterocycles. The molecule has 18 heavy (non-hydrogen) atoms. The maximum Gasteiger partial charge on any atom is 0.257 e. The summed E-state index contributed by atoms with van der Waals surface area (Å²) in [6.07, 6.45) is 2.45. The standard InChI is InChI=1S/C13H17BrN2O2/c14-11-3-4-12(10(5-11)6-15)18-8-13(17)16-7-9-1-2-9/h3-5,9H,1-2,6-8,15H2,(H,16,17). The first kappa shape index (κ1) is 13.4. The highest BCUT2D eigenvalue weighted by Gasteiger charge is 2.21. The zero-order chi connectivity index (χ0) is 13.0. The molecular weight excluding hydrogens is 296 g/mol. The molecule has 1 amide bonds. The molecule has 1 aromatic carbocycles. The molecule has 0 aliphatic heterocycles. The summed E-state index contributed by atoms with van der Waals surface area (Å²) in [7, 11) is 0. The first-order chi connectivity index (χ1) is 8.69. The third-order valence-corrected chi connectivity index (χ3v) is 3.38. The maximum atomic E-state index is 11.5. The van der Waals surface area contributed by atoms with Gasteiger partial charge in [-0.25, -0.2) is 0 Å². The Hall–Kier alpha value is -1.07. The minimum Gasteiger partial charge on any atom is -0.483 e. The Labute approximate surface area is 115 Å². The van der Waals surface area contributed by atoms with Crippen molar-refractivity contribution in [1.82, 2.24) is 5.32 Å². The van der Waals surface area contributed by atoms with Gasteiger partial charge >= 0.3 is 0 Å². The second-order valence-corrected chi connectivity index (χ2v) is 5.41. The molecular formula is C13H17BrN2O2. The minimum absolute atomic E-state index is 0.0430. The quantitative estimate of drug-likeness (QED) is 0.842. The van der Waals surface area contributed by atoms with Gasteiger partial charge in [-0.2, -0.15) is 0 Å². The van der Waals surface area contributed by atoms with Crippen molar-refractivity contribution in [3.63, 3.8) is 0 Å². The molecule has 0 radical (unpaired) electrons. The van der Waals surface area contributed by atoms with E-state index < -0.39 is 0 Å². The van der Waals surface area contributed by atoms with Gasteiger partial charge in [-0.1, -0.05) is 15.9 Å². The van der Waals surface area contributed by atoms with E-state index in [4.69, 9.17) is 10.5 Å². The van der Waals surface area contributed by atoms with Crippen LogP contribution in [-0.4, -0.2) is 19.1 Å². The van der Waals surface area contributed by atoms with E-state index in [1.807, 2.05) is 18.2 Å². The van der Waals surface area contributed by atoms with Crippen LogP contribution < -0.4 is 15.8 Å². The number of hydrogen-bond donors (Lipinski definition) is 2. The molecule has 0 saturated heterocycles. The molecule has 0 bridgehead atoms. The number of carbonyl (C=O) groups is 1. The Morgan fingerprint density at radius 2 is 2.28 bits per heavy atom. The van der Waals surface area contributed by atoms with Crippen LogP contribution in [0.4, 0.5) is 0 Å². The molecule has 1 aromatic rings. The van der Waals surface area contributed by atoms with Gasteiger partial charge in [0.05, 0.1) is 0 Å². The first-order valence-electron chi connectivity index (χ1n) is 6.07. The summed E-state index contributed by atoms with van der Waals surface area (Å²) in [6, 6.07) is 5.59. The van der Waals surface area contributed by atoms with Crippen molar-refractivity contribution in [3.05, 3.63) is 28.2 Å². The van der Waals surface area contributed by atoms with Gasteiger partial charge in [0.2, 0.25) is 0 Å². The Bertz CT molecular complexity index is 433. The highest BCUT2D eigenvalue weighted by atomic mass is 79.9. The van der Waals surface area contributed by atoms with E-state index in [9.17, 15) is 4.79 Å². The van der Waals surface area contributed by atoms with Crippen molar-refractivity contribution in [2.45, 2.75) is 19.4 Å². The maximum absolute atomic E-state index is 11.5. The average Bonchev–Trinajstić information content (AvgIpc) is 3.18. The van der Waals surface area contributed by atoms with E-state index in [1.54, 1.807) is 0 Å². The van der Waals surface area contributed by atoms with E-state index in [1.165, 1.54) is 12.8 Å². The van der Waals surface area contributed by atoms with Gasteiger partial charge < -0.3 is 15.8 Å². The first-order valence-corrected chi connectivity index (χ1v) is 6.86. The highest BCUT2D eigenvalue weighted by Crippen LogP contribution is 2.27. The van der Waals surface area contributed by atoms with Crippen molar-refractivity contribution in [2.75, 3.05) is 13.2 Å². The van der Waals surface area contributed by atoms with Gasteiger partial charge in [0.15, 0.2) is 6.61 Å². The number of nitrogens with two attached hydrogens (primary N) is 1. The zero-order valence-corrected chi connectivity index (χ0v) is 11.7. The van der Waals surface area contributed by atoms with Gasteiger partial charge in [-0.05, 0) is 37.0 Å². The Morgan fingerprint density at radius 3 is 2.94 bits per heavy atom. The lowest BCUT2D eigenvalue weighted by atomic mass is 10.2. The molecule has 98 valence electrons. The molecule has 1 saturated carbocycles. The van der Waals surface area contributed by atoms with Crippen molar-refractivity contribution < 1.29 is 9.53 Å². The van der Waals surface area contributed by atoms with E-state index in [0.29, 0.717) is 18.2 Å². The molecule has 0 heterocycles. The number of nitrogens with one attached hydrogen (secondary N) is 1. The largest absolute Gasteiger partial charge is 0.483 e.